The smallest absolute Gasteiger partial charge is 0.411 e. The van der Waals surface area contributed by atoms with E-state index in [1.165, 1.54) is 12.0 Å². The van der Waals surface area contributed by atoms with Gasteiger partial charge in [-0.25, -0.2) is 9.59 Å². The minimum absolute atomic E-state index is 0.0595. The summed E-state index contributed by atoms with van der Waals surface area (Å²) in [5.74, 6) is -0.491. The molecule has 1 fully saturated rings. The monoisotopic (exact) mass is 440 g/mol. The summed E-state index contributed by atoms with van der Waals surface area (Å²) < 4.78 is 16.2. The van der Waals surface area contributed by atoms with Gasteiger partial charge in [0.05, 0.1) is 19.2 Å². The number of rotatable bonds is 3. The fourth-order valence-corrected chi connectivity index (χ4v) is 4.70. The summed E-state index contributed by atoms with van der Waals surface area (Å²) in [7, 11) is 1.31. The van der Waals surface area contributed by atoms with E-state index >= 15 is 0 Å². The molecule has 0 N–H and O–H groups in total. The zero-order chi connectivity index (χ0) is 23.1. The Morgan fingerprint density at radius 2 is 1.81 bits per heavy atom. The fourth-order valence-electron chi connectivity index (χ4n) is 4.70. The van der Waals surface area contributed by atoms with Gasteiger partial charge in [-0.1, -0.05) is 48.6 Å². The van der Waals surface area contributed by atoms with Crippen molar-refractivity contribution >= 4 is 18.2 Å². The molecule has 2 amide bonds. The number of ether oxygens (including phenoxy) is 3. The first kappa shape index (κ1) is 21.9. The molecule has 8 nitrogen and oxygen atoms in total. The second kappa shape index (κ2) is 8.00. The summed E-state index contributed by atoms with van der Waals surface area (Å²) >= 11 is 0. The van der Waals surface area contributed by atoms with E-state index in [0.29, 0.717) is 0 Å². The summed E-state index contributed by atoms with van der Waals surface area (Å²) in [6, 6.07) is 8.37. The minimum Gasteiger partial charge on any atom is -0.468 e. The molecule has 2 bridgehead atoms. The number of fused-ring (bicyclic) bond motifs is 5. The van der Waals surface area contributed by atoms with Crippen LogP contribution in [0.2, 0.25) is 0 Å². The van der Waals surface area contributed by atoms with Crippen LogP contribution in [-0.2, 0) is 25.6 Å². The van der Waals surface area contributed by atoms with Gasteiger partial charge in [0.15, 0.2) is 0 Å². The van der Waals surface area contributed by atoms with Crippen molar-refractivity contribution in [3.8, 4) is 0 Å². The standard InChI is InChI=1S/C24H28N2O6/c1-23(2,3)32-22(29)26-18-10-11-19(26)24(20(27)30-4)15-25(13-12-17(18)24)21(28)31-14-16-8-6-5-7-9-16/h5-12,18-19H,13-15H2,1-4H3/t18-,19+,24-/m0/s1. The van der Waals surface area contributed by atoms with Crippen LogP contribution in [0.5, 0.6) is 0 Å². The highest BCUT2D eigenvalue weighted by molar-refractivity contribution is 5.89. The second-order valence-corrected chi connectivity index (χ2v) is 9.21. The number of hydrogen-bond acceptors (Lipinski definition) is 6. The first-order valence-electron chi connectivity index (χ1n) is 10.6. The molecule has 4 rings (SSSR count). The number of nitrogens with zero attached hydrogens (tertiary/aromatic N) is 2. The lowest BCUT2D eigenvalue weighted by atomic mass is 9.70. The molecule has 0 spiro atoms. The number of carbonyl (C=O) groups is 3. The lowest BCUT2D eigenvalue weighted by Gasteiger charge is -2.40. The lowest BCUT2D eigenvalue weighted by molar-refractivity contribution is -0.152. The van der Waals surface area contributed by atoms with E-state index in [1.54, 1.807) is 25.7 Å². The van der Waals surface area contributed by atoms with Gasteiger partial charge in [0.1, 0.15) is 17.6 Å². The van der Waals surface area contributed by atoms with E-state index < -0.39 is 41.3 Å². The third-order valence-electron chi connectivity index (χ3n) is 6.00. The molecule has 0 aromatic heterocycles. The van der Waals surface area contributed by atoms with Crippen LogP contribution in [0.25, 0.3) is 0 Å². The molecule has 32 heavy (non-hydrogen) atoms. The second-order valence-electron chi connectivity index (χ2n) is 9.21. The summed E-state index contributed by atoms with van der Waals surface area (Å²) in [5.41, 5.74) is -0.232. The van der Waals surface area contributed by atoms with E-state index in [0.717, 1.165) is 11.1 Å². The first-order valence-corrected chi connectivity index (χ1v) is 10.6. The van der Waals surface area contributed by atoms with Gasteiger partial charge >= 0.3 is 18.2 Å². The molecule has 3 atom stereocenters. The van der Waals surface area contributed by atoms with Crippen LogP contribution in [0.15, 0.2) is 54.1 Å². The van der Waals surface area contributed by atoms with Crippen molar-refractivity contribution in [2.75, 3.05) is 20.2 Å². The van der Waals surface area contributed by atoms with E-state index in [-0.39, 0.29) is 19.7 Å². The Hall–Kier alpha value is -3.29. The van der Waals surface area contributed by atoms with Gasteiger partial charge in [0.25, 0.3) is 0 Å². The number of hydrogen-bond donors (Lipinski definition) is 0. The van der Waals surface area contributed by atoms with Gasteiger partial charge in [0, 0.05) is 13.1 Å². The molecule has 0 saturated carbocycles. The zero-order valence-corrected chi connectivity index (χ0v) is 18.7. The third-order valence-corrected chi connectivity index (χ3v) is 6.00. The third kappa shape index (κ3) is 3.63. The Balaban J connectivity index is 1.58. The minimum atomic E-state index is -1.19. The molecule has 3 aliphatic heterocycles. The molecule has 3 heterocycles. The van der Waals surface area contributed by atoms with Gasteiger partial charge in [-0.2, -0.15) is 0 Å². The van der Waals surface area contributed by atoms with Crippen LogP contribution in [0.1, 0.15) is 26.3 Å². The predicted octanol–water partition coefficient (Wildman–Crippen LogP) is 3.28. The number of amides is 2. The van der Waals surface area contributed by atoms with Crippen LogP contribution in [0.3, 0.4) is 0 Å². The maximum absolute atomic E-state index is 13.1. The summed E-state index contributed by atoms with van der Waals surface area (Å²) in [5, 5.41) is 0. The average Bonchev–Trinajstić information content (AvgIpc) is 3.32. The molecule has 1 saturated heterocycles. The molecule has 0 unspecified atom stereocenters. The van der Waals surface area contributed by atoms with Crippen LogP contribution in [0, 0.1) is 5.41 Å². The van der Waals surface area contributed by atoms with Gasteiger partial charge in [-0.3, -0.25) is 9.69 Å². The quantitative estimate of drug-likeness (QED) is 0.407. The molecule has 1 aromatic carbocycles. The van der Waals surface area contributed by atoms with Crippen LogP contribution < -0.4 is 0 Å². The molecule has 3 aliphatic rings. The summed E-state index contributed by atoms with van der Waals surface area (Å²) in [6.45, 7) is 5.86. The molecular formula is C24H28N2O6. The summed E-state index contributed by atoms with van der Waals surface area (Å²) in [4.78, 5) is 41.9. The maximum Gasteiger partial charge on any atom is 0.411 e. The van der Waals surface area contributed by atoms with Crippen molar-refractivity contribution in [2.24, 2.45) is 5.41 Å². The molecule has 0 aliphatic carbocycles. The van der Waals surface area contributed by atoms with Crippen LogP contribution in [-0.4, -0.2) is 65.8 Å². The average molecular weight is 440 g/mol. The Bertz CT molecular complexity index is 980. The number of benzene rings is 1. The molecular weight excluding hydrogens is 412 g/mol. The van der Waals surface area contributed by atoms with E-state index in [4.69, 9.17) is 14.2 Å². The lowest BCUT2D eigenvalue weighted by Crippen LogP contribution is -2.55. The molecule has 0 radical (unpaired) electrons. The number of esters is 1. The maximum atomic E-state index is 13.1. The highest BCUT2D eigenvalue weighted by Crippen LogP contribution is 2.53. The van der Waals surface area contributed by atoms with Gasteiger partial charge < -0.3 is 19.1 Å². The zero-order valence-electron chi connectivity index (χ0n) is 18.7. The fraction of sp³-hybridized carbons (Fsp3) is 0.458. The van der Waals surface area contributed by atoms with Crippen LogP contribution >= 0.6 is 0 Å². The van der Waals surface area contributed by atoms with Crippen LogP contribution in [0.4, 0.5) is 9.59 Å². The number of methoxy groups -OCH3 is 1. The van der Waals surface area contributed by atoms with Gasteiger partial charge in [0.2, 0.25) is 0 Å². The SMILES string of the molecule is COC(=O)[C@@]12CN(C(=O)OCc3ccccc3)CC=C1[C@@H]1C=C[C@H]2N1C(=O)OC(C)(C)C. The highest BCUT2D eigenvalue weighted by Gasteiger charge is 2.65. The molecule has 170 valence electrons. The Labute approximate surface area is 187 Å². The van der Waals surface area contributed by atoms with E-state index in [9.17, 15) is 14.4 Å². The summed E-state index contributed by atoms with van der Waals surface area (Å²) in [6.07, 6.45) is 4.51. The largest absolute Gasteiger partial charge is 0.468 e. The van der Waals surface area contributed by atoms with E-state index in [1.807, 2.05) is 48.6 Å². The van der Waals surface area contributed by atoms with Gasteiger partial charge in [-0.05, 0) is 31.9 Å². The highest BCUT2D eigenvalue weighted by atomic mass is 16.6. The van der Waals surface area contributed by atoms with Gasteiger partial charge in [-0.15, -0.1) is 0 Å². The normalized spacial score (nSPS) is 25.8. The Kier molecular flexibility index (Phi) is 5.48. The molecule has 8 heteroatoms. The van der Waals surface area contributed by atoms with Crippen molar-refractivity contribution < 1.29 is 28.6 Å². The Morgan fingerprint density at radius 1 is 1.09 bits per heavy atom. The van der Waals surface area contributed by atoms with Crippen molar-refractivity contribution in [1.29, 1.82) is 0 Å². The van der Waals surface area contributed by atoms with Crippen molar-refractivity contribution in [3.05, 3.63) is 59.7 Å². The van der Waals surface area contributed by atoms with Crippen molar-refractivity contribution in [1.82, 2.24) is 9.80 Å². The Morgan fingerprint density at radius 3 is 2.47 bits per heavy atom. The van der Waals surface area contributed by atoms with Crippen molar-refractivity contribution in [3.63, 3.8) is 0 Å². The molecule has 1 aromatic rings. The predicted molar refractivity (Wildman–Crippen MR) is 116 cm³/mol. The van der Waals surface area contributed by atoms with E-state index in [2.05, 4.69) is 0 Å². The first-order chi connectivity index (χ1) is 15.2. The number of carbonyl (C=O) groups excluding carboxylic acids is 3. The topological polar surface area (TPSA) is 85.4 Å². The van der Waals surface area contributed by atoms with Crippen molar-refractivity contribution in [2.45, 2.75) is 45.1 Å².